The van der Waals surface area contributed by atoms with Gasteiger partial charge in [0.15, 0.2) is 5.69 Å². The van der Waals surface area contributed by atoms with Gasteiger partial charge in [-0.15, -0.1) is 5.10 Å². The van der Waals surface area contributed by atoms with Gasteiger partial charge in [-0.05, 0) is 32.4 Å². The summed E-state index contributed by atoms with van der Waals surface area (Å²) in [6.07, 6.45) is 0.660. The topological polar surface area (TPSA) is 80.0 Å². The Morgan fingerprint density at radius 3 is 2.57 bits per heavy atom. The molecule has 0 fully saturated rings. The van der Waals surface area contributed by atoms with Gasteiger partial charge in [0, 0.05) is 0 Å². The van der Waals surface area contributed by atoms with E-state index in [1.807, 2.05) is 38.1 Å². The highest BCUT2D eigenvalue weighted by Crippen LogP contribution is 2.13. The number of hydrogen-bond acceptors (Lipinski definition) is 4. The smallest absolute Gasteiger partial charge is 0.274 e. The molecule has 6 heteroatoms. The number of amides is 1. The Kier molecular flexibility index (Phi) is 4.70. The summed E-state index contributed by atoms with van der Waals surface area (Å²) in [5, 5.41) is 19.9. The van der Waals surface area contributed by atoms with Gasteiger partial charge in [0.25, 0.3) is 5.91 Å². The van der Waals surface area contributed by atoms with E-state index in [2.05, 4.69) is 15.6 Å². The van der Waals surface area contributed by atoms with Crippen molar-refractivity contribution in [3.05, 3.63) is 41.2 Å². The van der Waals surface area contributed by atoms with Gasteiger partial charge >= 0.3 is 0 Å². The maximum Gasteiger partial charge on any atom is 0.274 e. The van der Waals surface area contributed by atoms with Gasteiger partial charge in [0.1, 0.15) is 0 Å². The van der Waals surface area contributed by atoms with Crippen LogP contribution in [0.3, 0.4) is 0 Å². The van der Waals surface area contributed by atoms with Crippen molar-refractivity contribution >= 4 is 5.91 Å². The number of aliphatic hydroxyl groups excluding tert-OH is 1. The number of carbonyl (C=O) groups excluding carboxylic acids is 1. The Morgan fingerprint density at radius 2 is 2.00 bits per heavy atom. The van der Waals surface area contributed by atoms with E-state index in [4.69, 9.17) is 5.11 Å². The fourth-order valence-corrected chi connectivity index (χ4v) is 2.00. The lowest BCUT2D eigenvalue weighted by Gasteiger charge is -2.12. The van der Waals surface area contributed by atoms with Gasteiger partial charge in [-0.2, -0.15) is 0 Å². The number of hydrogen-bond donors (Lipinski definition) is 2. The van der Waals surface area contributed by atoms with Crippen molar-refractivity contribution in [2.75, 3.05) is 6.61 Å². The van der Waals surface area contributed by atoms with E-state index in [0.29, 0.717) is 12.1 Å². The highest BCUT2D eigenvalue weighted by molar-refractivity contribution is 5.93. The van der Waals surface area contributed by atoms with Crippen molar-refractivity contribution in [1.29, 1.82) is 0 Å². The van der Waals surface area contributed by atoms with E-state index in [-0.39, 0.29) is 24.2 Å². The van der Waals surface area contributed by atoms with Gasteiger partial charge < -0.3 is 10.4 Å². The molecule has 0 radical (unpaired) electrons. The van der Waals surface area contributed by atoms with E-state index >= 15 is 0 Å². The minimum absolute atomic E-state index is 0.0899. The number of nitrogens with one attached hydrogen (secondary N) is 1. The molecule has 0 aliphatic carbocycles. The van der Waals surface area contributed by atoms with Crippen LogP contribution in [0.2, 0.25) is 0 Å². The first kappa shape index (κ1) is 15.2. The summed E-state index contributed by atoms with van der Waals surface area (Å²) >= 11 is 0. The highest BCUT2D eigenvalue weighted by Gasteiger charge is 2.19. The molecule has 0 spiro atoms. The summed E-state index contributed by atoms with van der Waals surface area (Å²) in [5.74, 6) is -0.313. The van der Waals surface area contributed by atoms with Crippen LogP contribution >= 0.6 is 0 Å². The summed E-state index contributed by atoms with van der Waals surface area (Å²) in [4.78, 5) is 12.2. The summed E-state index contributed by atoms with van der Waals surface area (Å²) < 4.78 is 1.63. The number of aryl methyl sites for hydroxylation is 1. The van der Waals surface area contributed by atoms with E-state index in [1.165, 1.54) is 0 Å². The molecule has 1 amide bonds. The van der Waals surface area contributed by atoms with Crippen molar-refractivity contribution in [2.45, 2.75) is 33.2 Å². The average molecular weight is 288 g/mol. The number of nitrogens with zero attached hydrogens (tertiary/aromatic N) is 3. The first-order valence-corrected chi connectivity index (χ1v) is 6.97. The summed E-state index contributed by atoms with van der Waals surface area (Å²) in [6, 6.07) is 7.56. The molecule has 0 saturated carbocycles. The molecule has 1 aromatic carbocycles. The predicted molar refractivity (Wildman–Crippen MR) is 79.5 cm³/mol. The van der Waals surface area contributed by atoms with Gasteiger partial charge in [-0.25, -0.2) is 4.68 Å². The van der Waals surface area contributed by atoms with Crippen molar-refractivity contribution < 1.29 is 9.90 Å². The summed E-state index contributed by atoms with van der Waals surface area (Å²) in [6.45, 7) is 5.62. The zero-order valence-corrected chi connectivity index (χ0v) is 12.5. The zero-order valence-electron chi connectivity index (χ0n) is 12.5. The molecular formula is C15H20N4O2. The summed E-state index contributed by atoms with van der Waals surface area (Å²) in [7, 11) is 0. The molecule has 112 valence electrons. The molecule has 0 aliphatic heterocycles. The van der Waals surface area contributed by atoms with Crippen LogP contribution < -0.4 is 5.32 Å². The maximum absolute atomic E-state index is 12.2. The number of carbonyl (C=O) groups is 1. The Balaban J connectivity index is 2.24. The van der Waals surface area contributed by atoms with E-state index in [0.717, 1.165) is 11.3 Å². The van der Waals surface area contributed by atoms with Crippen molar-refractivity contribution in [2.24, 2.45) is 0 Å². The third kappa shape index (κ3) is 3.28. The molecule has 1 unspecified atom stereocenters. The molecule has 2 rings (SSSR count). The average Bonchev–Trinajstić information content (AvgIpc) is 2.87. The lowest BCUT2D eigenvalue weighted by Crippen LogP contribution is -2.37. The minimum Gasteiger partial charge on any atom is -0.394 e. The molecule has 1 heterocycles. The van der Waals surface area contributed by atoms with Crippen LogP contribution in [0.5, 0.6) is 0 Å². The first-order valence-electron chi connectivity index (χ1n) is 6.97. The Labute approximate surface area is 123 Å². The van der Waals surface area contributed by atoms with Gasteiger partial charge in [-0.3, -0.25) is 4.79 Å². The second-order valence-electron chi connectivity index (χ2n) is 5.03. The second kappa shape index (κ2) is 6.49. The molecule has 6 nitrogen and oxygen atoms in total. The second-order valence-corrected chi connectivity index (χ2v) is 5.03. The van der Waals surface area contributed by atoms with Crippen molar-refractivity contribution in [3.8, 4) is 5.69 Å². The quantitative estimate of drug-likeness (QED) is 0.871. The van der Waals surface area contributed by atoms with Crippen LogP contribution in [0.15, 0.2) is 24.3 Å². The third-order valence-electron chi connectivity index (χ3n) is 3.44. The Hall–Kier alpha value is -2.21. The lowest BCUT2D eigenvalue weighted by molar-refractivity contribution is 0.0909. The first-order chi connectivity index (χ1) is 10.1. The maximum atomic E-state index is 12.2. The number of aliphatic hydroxyl groups is 1. The fourth-order valence-electron chi connectivity index (χ4n) is 2.00. The fraction of sp³-hybridized carbons (Fsp3) is 0.400. The van der Waals surface area contributed by atoms with Crippen LogP contribution in [0.25, 0.3) is 5.69 Å². The lowest BCUT2D eigenvalue weighted by atomic mass is 10.2. The minimum atomic E-state index is -0.313. The number of aromatic nitrogens is 3. The number of rotatable bonds is 5. The molecule has 2 aromatic rings. The molecule has 0 aliphatic rings. The van der Waals surface area contributed by atoms with Gasteiger partial charge in [0.2, 0.25) is 0 Å². The van der Waals surface area contributed by atoms with Crippen molar-refractivity contribution in [3.63, 3.8) is 0 Å². The molecule has 1 aromatic heterocycles. The van der Waals surface area contributed by atoms with E-state index in [9.17, 15) is 4.79 Å². The molecule has 1 atom stereocenters. The van der Waals surface area contributed by atoms with E-state index in [1.54, 1.807) is 11.6 Å². The van der Waals surface area contributed by atoms with Crippen LogP contribution in [-0.2, 0) is 0 Å². The van der Waals surface area contributed by atoms with Crippen LogP contribution in [0.4, 0.5) is 0 Å². The monoisotopic (exact) mass is 288 g/mol. The van der Waals surface area contributed by atoms with E-state index < -0.39 is 0 Å². The molecule has 21 heavy (non-hydrogen) atoms. The van der Waals surface area contributed by atoms with Gasteiger partial charge in [-0.1, -0.05) is 29.8 Å². The van der Waals surface area contributed by atoms with Crippen molar-refractivity contribution in [1.82, 2.24) is 20.3 Å². The SMILES string of the molecule is CCC(CO)NC(=O)c1nnn(-c2ccc(C)cc2)c1C. The third-order valence-corrected chi connectivity index (χ3v) is 3.44. The van der Waals surface area contributed by atoms with Gasteiger partial charge in [0.05, 0.1) is 24.0 Å². The molecular weight excluding hydrogens is 268 g/mol. The van der Waals surface area contributed by atoms with Crippen LogP contribution in [0, 0.1) is 13.8 Å². The Bertz CT molecular complexity index is 615. The van der Waals surface area contributed by atoms with Crippen LogP contribution in [0.1, 0.15) is 35.1 Å². The molecule has 0 bridgehead atoms. The number of benzene rings is 1. The Morgan fingerprint density at radius 1 is 1.33 bits per heavy atom. The van der Waals surface area contributed by atoms with Crippen LogP contribution in [-0.4, -0.2) is 38.7 Å². The standard InChI is InChI=1S/C15H20N4O2/c1-4-12(9-20)16-15(21)14-11(3)19(18-17-14)13-7-5-10(2)6-8-13/h5-8,12,20H,4,9H2,1-3H3,(H,16,21). The normalized spacial score (nSPS) is 12.2. The largest absolute Gasteiger partial charge is 0.394 e. The molecule has 0 saturated heterocycles. The zero-order chi connectivity index (χ0) is 15.4. The highest BCUT2D eigenvalue weighted by atomic mass is 16.3. The summed E-state index contributed by atoms with van der Waals surface area (Å²) in [5.41, 5.74) is 2.97. The predicted octanol–water partition coefficient (Wildman–Crippen LogP) is 1.38. The molecule has 2 N–H and O–H groups in total.